The summed E-state index contributed by atoms with van der Waals surface area (Å²) in [6.45, 7) is 2.19. The van der Waals surface area contributed by atoms with Gasteiger partial charge in [-0.1, -0.05) is 0 Å². The number of H-pyrrole nitrogens is 1. The van der Waals surface area contributed by atoms with Crippen LogP contribution in [0, 0.1) is 0 Å². The van der Waals surface area contributed by atoms with Gasteiger partial charge in [-0.25, -0.2) is 13.1 Å². The monoisotopic (exact) mass is 317 g/mol. The van der Waals surface area contributed by atoms with Gasteiger partial charge in [0.15, 0.2) is 0 Å². The fourth-order valence-corrected chi connectivity index (χ4v) is 2.82. The Hall–Kier alpha value is -0.930. The number of sulfonamides is 1. The highest BCUT2D eigenvalue weighted by atomic mass is 32.2. The van der Waals surface area contributed by atoms with E-state index < -0.39 is 10.0 Å². The molecule has 0 radical (unpaired) electrons. The second-order valence-corrected chi connectivity index (χ2v) is 6.79. The molecule has 0 unspecified atom stereocenters. The van der Waals surface area contributed by atoms with Crippen LogP contribution in [0.3, 0.4) is 0 Å². The second kappa shape index (κ2) is 7.90. The lowest BCUT2D eigenvalue weighted by molar-refractivity contribution is 0.0736. The van der Waals surface area contributed by atoms with E-state index in [1.165, 1.54) is 19.0 Å². The van der Waals surface area contributed by atoms with Crippen LogP contribution in [0.1, 0.15) is 18.5 Å². The predicted molar refractivity (Wildman–Crippen MR) is 78.5 cm³/mol. The average molecular weight is 317 g/mol. The SMILES string of the molecule is COCCOCCNS(=O)(=O)c1c[nH]c(CNC2CC2)c1. The van der Waals surface area contributed by atoms with E-state index in [2.05, 4.69) is 15.0 Å². The van der Waals surface area contributed by atoms with E-state index in [4.69, 9.17) is 9.47 Å². The van der Waals surface area contributed by atoms with Crippen LogP contribution in [0.4, 0.5) is 0 Å². The average Bonchev–Trinajstić information content (AvgIpc) is 3.16. The van der Waals surface area contributed by atoms with Crippen molar-refractivity contribution in [2.75, 3.05) is 33.5 Å². The molecule has 1 aromatic rings. The summed E-state index contributed by atoms with van der Waals surface area (Å²) >= 11 is 0. The largest absolute Gasteiger partial charge is 0.382 e. The van der Waals surface area contributed by atoms with Crippen molar-refractivity contribution in [3.63, 3.8) is 0 Å². The van der Waals surface area contributed by atoms with Gasteiger partial charge in [0.05, 0.1) is 24.7 Å². The second-order valence-electron chi connectivity index (χ2n) is 5.02. The molecule has 0 aliphatic heterocycles. The summed E-state index contributed by atoms with van der Waals surface area (Å²) in [5.74, 6) is 0. The Bertz CT molecular complexity index is 525. The zero-order valence-corrected chi connectivity index (χ0v) is 13.0. The summed E-state index contributed by atoms with van der Waals surface area (Å²) in [5.41, 5.74) is 0.874. The molecule has 1 aliphatic rings. The molecule has 0 spiro atoms. The third-order valence-corrected chi connectivity index (χ3v) is 4.60. The van der Waals surface area contributed by atoms with Crippen LogP contribution in [0.5, 0.6) is 0 Å². The molecule has 2 rings (SSSR count). The van der Waals surface area contributed by atoms with Crippen molar-refractivity contribution in [3.8, 4) is 0 Å². The van der Waals surface area contributed by atoms with Gasteiger partial charge in [0, 0.05) is 38.1 Å². The van der Waals surface area contributed by atoms with Gasteiger partial charge in [0.2, 0.25) is 10.0 Å². The molecule has 8 heteroatoms. The first kappa shape index (κ1) is 16.4. The van der Waals surface area contributed by atoms with Crippen LogP contribution in [0.2, 0.25) is 0 Å². The molecule has 0 saturated heterocycles. The summed E-state index contributed by atoms with van der Waals surface area (Å²) in [4.78, 5) is 3.24. The van der Waals surface area contributed by atoms with Crippen LogP contribution >= 0.6 is 0 Å². The van der Waals surface area contributed by atoms with E-state index in [9.17, 15) is 8.42 Å². The number of nitrogens with one attached hydrogen (secondary N) is 3. The van der Waals surface area contributed by atoms with E-state index in [-0.39, 0.29) is 11.4 Å². The fraction of sp³-hybridized carbons (Fsp3) is 0.692. The number of hydrogen-bond acceptors (Lipinski definition) is 5. The van der Waals surface area contributed by atoms with Crippen molar-refractivity contribution in [2.24, 2.45) is 0 Å². The molecule has 120 valence electrons. The number of rotatable bonds is 11. The Kier molecular flexibility index (Phi) is 6.19. The van der Waals surface area contributed by atoms with E-state index in [0.29, 0.717) is 32.4 Å². The lowest BCUT2D eigenvalue weighted by Crippen LogP contribution is -2.27. The summed E-state index contributed by atoms with van der Waals surface area (Å²) < 4.78 is 36.7. The standard InChI is InChI=1S/C13H23N3O4S/c1-19-6-7-20-5-4-16-21(17,18)13-8-12(15-10-13)9-14-11-2-3-11/h8,10-11,14-16H,2-7,9H2,1H3. The smallest absolute Gasteiger partial charge is 0.242 e. The molecule has 7 nitrogen and oxygen atoms in total. The highest BCUT2D eigenvalue weighted by Gasteiger charge is 2.21. The third kappa shape index (κ3) is 5.76. The minimum Gasteiger partial charge on any atom is -0.382 e. The number of methoxy groups -OCH3 is 1. The summed E-state index contributed by atoms with van der Waals surface area (Å²) in [6, 6.07) is 2.25. The highest BCUT2D eigenvalue weighted by molar-refractivity contribution is 7.89. The summed E-state index contributed by atoms with van der Waals surface area (Å²) in [6.07, 6.45) is 3.92. The van der Waals surface area contributed by atoms with Crippen LogP contribution in [-0.2, 0) is 26.0 Å². The Labute approximate surface area is 125 Å². The molecule has 0 aromatic carbocycles. The van der Waals surface area contributed by atoms with Crippen LogP contribution in [-0.4, -0.2) is 52.9 Å². The molecule has 1 fully saturated rings. The van der Waals surface area contributed by atoms with E-state index >= 15 is 0 Å². The molecule has 0 atom stereocenters. The molecule has 1 heterocycles. The quantitative estimate of drug-likeness (QED) is 0.507. The number of ether oxygens (including phenoxy) is 2. The van der Waals surface area contributed by atoms with Gasteiger partial charge in [-0.3, -0.25) is 0 Å². The lowest BCUT2D eigenvalue weighted by atomic mass is 10.4. The van der Waals surface area contributed by atoms with Gasteiger partial charge in [0.25, 0.3) is 0 Å². The zero-order chi connectivity index (χ0) is 15.1. The van der Waals surface area contributed by atoms with Gasteiger partial charge >= 0.3 is 0 Å². The Morgan fingerprint density at radius 3 is 2.86 bits per heavy atom. The van der Waals surface area contributed by atoms with Gasteiger partial charge in [0.1, 0.15) is 0 Å². The first-order valence-electron chi connectivity index (χ1n) is 7.09. The molecular formula is C13H23N3O4S. The van der Waals surface area contributed by atoms with E-state index in [1.54, 1.807) is 13.2 Å². The Morgan fingerprint density at radius 2 is 2.14 bits per heavy atom. The number of hydrogen-bond donors (Lipinski definition) is 3. The van der Waals surface area contributed by atoms with Gasteiger partial charge < -0.3 is 19.8 Å². The van der Waals surface area contributed by atoms with Crippen LogP contribution in [0.15, 0.2) is 17.2 Å². The molecular weight excluding hydrogens is 294 g/mol. The topological polar surface area (TPSA) is 92.4 Å². The molecule has 1 saturated carbocycles. The fourth-order valence-electron chi connectivity index (χ4n) is 1.79. The van der Waals surface area contributed by atoms with Crippen molar-refractivity contribution in [1.29, 1.82) is 0 Å². The van der Waals surface area contributed by atoms with Crippen molar-refractivity contribution in [1.82, 2.24) is 15.0 Å². The van der Waals surface area contributed by atoms with Crippen molar-refractivity contribution in [2.45, 2.75) is 30.3 Å². The Balaban J connectivity index is 1.73. The van der Waals surface area contributed by atoms with Crippen molar-refractivity contribution >= 4 is 10.0 Å². The first-order valence-corrected chi connectivity index (χ1v) is 8.57. The van der Waals surface area contributed by atoms with Gasteiger partial charge in [-0.05, 0) is 18.9 Å². The lowest BCUT2D eigenvalue weighted by Gasteiger charge is -2.05. The predicted octanol–water partition coefficient (Wildman–Crippen LogP) is 0.208. The minimum absolute atomic E-state index is 0.243. The number of aromatic amines is 1. The molecule has 0 bridgehead atoms. The molecule has 1 aromatic heterocycles. The maximum atomic E-state index is 12.1. The number of aromatic nitrogens is 1. The normalized spacial score (nSPS) is 15.5. The minimum atomic E-state index is -3.48. The zero-order valence-electron chi connectivity index (χ0n) is 12.2. The third-order valence-electron chi connectivity index (χ3n) is 3.16. The molecule has 21 heavy (non-hydrogen) atoms. The maximum absolute atomic E-state index is 12.1. The molecule has 0 amide bonds. The summed E-state index contributed by atoms with van der Waals surface area (Å²) in [5, 5.41) is 3.33. The van der Waals surface area contributed by atoms with Crippen molar-refractivity contribution in [3.05, 3.63) is 18.0 Å². The first-order chi connectivity index (χ1) is 10.1. The molecule has 1 aliphatic carbocycles. The van der Waals surface area contributed by atoms with Crippen LogP contribution < -0.4 is 10.0 Å². The van der Waals surface area contributed by atoms with Gasteiger partial charge in [-0.15, -0.1) is 0 Å². The van der Waals surface area contributed by atoms with E-state index in [0.717, 1.165) is 5.69 Å². The van der Waals surface area contributed by atoms with Crippen molar-refractivity contribution < 1.29 is 17.9 Å². The van der Waals surface area contributed by atoms with Crippen LogP contribution in [0.25, 0.3) is 0 Å². The molecule has 3 N–H and O–H groups in total. The maximum Gasteiger partial charge on any atom is 0.242 e. The van der Waals surface area contributed by atoms with E-state index in [1.807, 2.05) is 0 Å². The highest BCUT2D eigenvalue weighted by Crippen LogP contribution is 2.19. The Morgan fingerprint density at radius 1 is 1.33 bits per heavy atom. The summed E-state index contributed by atoms with van der Waals surface area (Å²) in [7, 11) is -1.88. The van der Waals surface area contributed by atoms with Gasteiger partial charge in [-0.2, -0.15) is 0 Å².